The van der Waals surface area contributed by atoms with Gasteiger partial charge in [-0.15, -0.1) is 10.2 Å². The second-order valence-corrected chi connectivity index (χ2v) is 6.04. The molecule has 21 heavy (non-hydrogen) atoms. The molecule has 1 saturated carbocycles. The average Bonchev–Trinajstić information content (AvgIpc) is 3.24. The lowest BCUT2D eigenvalue weighted by atomic mass is 10.1. The molecule has 6 heteroatoms. The van der Waals surface area contributed by atoms with Crippen LogP contribution in [0.3, 0.4) is 0 Å². The summed E-state index contributed by atoms with van der Waals surface area (Å²) in [4.78, 5) is 12.1. The minimum absolute atomic E-state index is 0.00810. The van der Waals surface area contributed by atoms with Crippen molar-refractivity contribution in [1.82, 2.24) is 14.8 Å². The van der Waals surface area contributed by atoms with E-state index in [4.69, 9.17) is 0 Å². The lowest BCUT2D eigenvalue weighted by molar-refractivity contribution is -0.113. The number of anilines is 1. The standard InChI is InChI=1S/C15H18N4OS/c1-2-11-5-3-4-6-13(11)17-14(20)9-21-15-18-16-10-19(15)12-7-8-12/h3-6,10,12H,2,7-9H2,1H3,(H,17,20). The van der Waals surface area contributed by atoms with Crippen LogP contribution in [0.5, 0.6) is 0 Å². The highest BCUT2D eigenvalue weighted by Gasteiger charge is 2.26. The van der Waals surface area contributed by atoms with Crippen LogP contribution in [0.2, 0.25) is 0 Å². The predicted octanol–water partition coefficient (Wildman–Crippen LogP) is 2.91. The summed E-state index contributed by atoms with van der Waals surface area (Å²) in [6.45, 7) is 2.08. The first kappa shape index (κ1) is 14.1. The van der Waals surface area contributed by atoms with Crippen LogP contribution in [0.15, 0.2) is 35.7 Å². The summed E-state index contributed by atoms with van der Waals surface area (Å²) in [5.74, 6) is 0.343. The lowest BCUT2D eigenvalue weighted by Crippen LogP contribution is -2.15. The Bertz CT molecular complexity index is 636. The first-order chi connectivity index (χ1) is 10.3. The molecule has 0 bridgehead atoms. The molecule has 0 aliphatic heterocycles. The smallest absolute Gasteiger partial charge is 0.234 e. The van der Waals surface area contributed by atoms with Gasteiger partial charge in [0.15, 0.2) is 5.16 Å². The second kappa shape index (κ2) is 6.30. The molecule has 0 unspecified atom stereocenters. The van der Waals surface area contributed by atoms with Crippen molar-refractivity contribution in [2.45, 2.75) is 37.4 Å². The first-order valence-corrected chi connectivity index (χ1v) is 8.16. The number of carbonyl (C=O) groups excluding carboxylic acids is 1. The van der Waals surface area contributed by atoms with Gasteiger partial charge in [-0.05, 0) is 30.9 Å². The molecule has 5 nitrogen and oxygen atoms in total. The third-order valence-corrected chi connectivity index (χ3v) is 4.44. The normalized spacial score (nSPS) is 14.1. The topological polar surface area (TPSA) is 59.8 Å². The fourth-order valence-corrected chi connectivity index (χ4v) is 2.99. The maximum atomic E-state index is 12.1. The number of hydrogen-bond donors (Lipinski definition) is 1. The highest BCUT2D eigenvalue weighted by Crippen LogP contribution is 2.37. The van der Waals surface area contributed by atoms with Crippen molar-refractivity contribution in [3.63, 3.8) is 0 Å². The fourth-order valence-electron chi connectivity index (χ4n) is 2.21. The first-order valence-electron chi connectivity index (χ1n) is 7.18. The molecule has 3 rings (SSSR count). The van der Waals surface area contributed by atoms with Crippen molar-refractivity contribution >= 4 is 23.4 Å². The van der Waals surface area contributed by atoms with Gasteiger partial charge in [0.2, 0.25) is 5.91 Å². The maximum absolute atomic E-state index is 12.1. The minimum Gasteiger partial charge on any atom is -0.325 e. The van der Waals surface area contributed by atoms with E-state index in [1.165, 1.54) is 24.6 Å². The van der Waals surface area contributed by atoms with E-state index in [-0.39, 0.29) is 5.91 Å². The zero-order valence-corrected chi connectivity index (χ0v) is 12.8. The largest absolute Gasteiger partial charge is 0.325 e. The number of nitrogens with zero attached hydrogens (tertiary/aromatic N) is 3. The Morgan fingerprint density at radius 2 is 2.24 bits per heavy atom. The number of hydrogen-bond acceptors (Lipinski definition) is 4. The predicted molar refractivity (Wildman–Crippen MR) is 83.5 cm³/mol. The summed E-state index contributed by atoms with van der Waals surface area (Å²) in [5.41, 5.74) is 2.05. The number of para-hydroxylation sites is 1. The molecule has 0 saturated heterocycles. The summed E-state index contributed by atoms with van der Waals surface area (Å²) < 4.78 is 2.07. The number of rotatable bonds is 6. The third kappa shape index (κ3) is 3.44. The molecular weight excluding hydrogens is 284 g/mol. The molecule has 1 heterocycles. The SMILES string of the molecule is CCc1ccccc1NC(=O)CSc1nncn1C1CC1. The molecular formula is C15H18N4OS. The number of aryl methyl sites for hydroxylation is 1. The van der Waals surface area contributed by atoms with Crippen molar-refractivity contribution in [1.29, 1.82) is 0 Å². The molecule has 110 valence electrons. The Hall–Kier alpha value is -1.82. The molecule has 2 aromatic rings. The quantitative estimate of drug-likeness (QED) is 0.834. The summed E-state index contributed by atoms with van der Waals surface area (Å²) in [5, 5.41) is 11.8. The van der Waals surface area contributed by atoms with Gasteiger partial charge in [0.25, 0.3) is 0 Å². The van der Waals surface area contributed by atoms with Gasteiger partial charge in [0.1, 0.15) is 6.33 Å². The van der Waals surface area contributed by atoms with Crippen LogP contribution in [0.1, 0.15) is 31.4 Å². The van der Waals surface area contributed by atoms with E-state index >= 15 is 0 Å². The Labute approximate surface area is 128 Å². The number of nitrogens with one attached hydrogen (secondary N) is 1. The zero-order chi connectivity index (χ0) is 14.7. The highest BCUT2D eigenvalue weighted by atomic mass is 32.2. The Balaban J connectivity index is 1.58. The van der Waals surface area contributed by atoms with Gasteiger partial charge >= 0.3 is 0 Å². The van der Waals surface area contributed by atoms with Crippen molar-refractivity contribution in [3.05, 3.63) is 36.2 Å². The van der Waals surface area contributed by atoms with Crippen molar-refractivity contribution in [2.24, 2.45) is 0 Å². The van der Waals surface area contributed by atoms with Crippen LogP contribution >= 0.6 is 11.8 Å². The molecule has 0 radical (unpaired) electrons. The molecule has 1 aliphatic rings. The molecule has 1 amide bonds. The molecule has 1 fully saturated rings. The summed E-state index contributed by atoms with van der Waals surface area (Å²) >= 11 is 1.44. The molecule has 1 N–H and O–H groups in total. The van der Waals surface area contributed by atoms with Gasteiger partial charge in [-0.25, -0.2) is 0 Å². The van der Waals surface area contributed by atoms with Gasteiger partial charge in [0, 0.05) is 11.7 Å². The van der Waals surface area contributed by atoms with Gasteiger partial charge in [0.05, 0.1) is 5.75 Å². The van der Waals surface area contributed by atoms with Crippen LogP contribution in [0.25, 0.3) is 0 Å². The van der Waals surface area contributed by atoms with E-state index in [1.54, 1.807) is 6.33 Å². The van der Waals surface area contributed by atoms with Gasteiger partial charge in [-0.2, -0.15) is 0 Å². The Morgan fingerprint density at radius 3 is 3.00 bits per heavy atom. The number of carbonyl (C=O) groups is 1. The molecule has 1 aromatic carbocycles. The van der Waals surface area contributed by atoms with Crippen LogP contribution < -0.4 is 5.32 Å². The Morgan fingerprint density at radius 1 is 1.43 bits per heavy atom. The molecule has 0 atom stereocenters. The van der Waals surface area contributed by atoms with Crippen LogP contribution in [0, 0.1) is 0 Å². The second-order valence-electron chi connectivity index (χ2n) is 5.10. The van der Waals surface area contributed by atoms with E-state index in [0.29, 0.717) is 11.8 Å². The molecule has 1 aromatic heterocycles. The van der Waals surface area contributed by atoms with Gasteiger partial charge < -0.3 is 9.88 Å². The van der Waals surface area contributed by atoms with Crippen molar-refractivity contribution in [3.8, 4) is 0 Å². The summed E-state index contributed by atoms with van der Waals surface area (Å²) in [6.07, 6.45) is 5.02. The van der Waals surface area contributed by atoms with E-state index in [1.807, 2.05) is 24.3 Å². The number of aromatic nitrogens is 3. The zero-order valence-electron chi connectivity index (χ0n) is 12.0. The summed E-state index contributed by atoms with van der Waals surface area (Å²) in [6, 6.07) is 8.43. The summed E-state index contributed by atoms with van der Waals surface area (Å²) in [7, 11) is 0. The monoisotopic (exact) mass is 302 g/mol. The van der Waals surface area contributed by atoms with Crippen molar-refractivity contribution in [2.75, 3.05) is 11.1 Å². The highest BCUT2D eigenvalue weighted by molar-refractivity contribution is 7.99. The van der Waals surface area contributed by atoms with Crippen LogP contribution in [0.4, 0.5) is 5.69 Å². The van der Waals surface area contributed by atoms with E-state index in [9.17, 15) is 4.79 Å². The fraction of sp³-hybridized carbons (Fsp3) is 0.400. The number of amides is 1. The van der Waals surface area contributed by atoms with E-state index in [0.717, 1.165) is 22.8 Å². The van der Waals surface area contributed by atoms with Crippen LogP contribution in [-0.2, 0) is 11.2 Å². The molecule has 1 aliphatic carbocycles. The average molecular weight is 302 g/mol. The van der Waals surface area contributed by atoms with Crippen LogP contribution in [-0.4, -0.2) is 26.4 Å². The third-order valence-electron chi connectivity index (χ3n) is 3.49. The van der Waals surface area contributed by atoms with Gasteiger partial charge in [-0.3, -0.25) is 4.79 Å². The van der Waals surface area contributed by atoms with Gasteiger partial charge in [-0.1, -0.05) is 36.9 Å². The number of thioether (sulfide) groups is 1. The molecule has 0 spiro atoms. The van der Waals surface area contributed by atoms with E-state index in [2.05, 4.69) is 27.0 Å². The van der Waals surface area contributed by atoms with E-state index < -0.39 is 0 Å². The lowest BCUT2D eigenvalue weighted by Gasteiger charge is -2.09. The maximum Gasteiger partial charge on any atom is 0.234 e. The minimum atomic E-state index is -0.00810. The van der Waals surface area contributed by atoms with Crippen molar-refractivity contribution < 1.29 is 4.79 Å². The number of benzene rings is 1. The Kier molecular flexibility index (Phi) is 4.24.